The molecule has 1 aromatic heterocycles. The SMILES string of the molecule is Nc1cc(F)cnc1[N+](=O)[O-]. The van der Waals surface area contributed by atoms with Crippen LogP contribution >= 0.6 is 0 Å². The number of halogens is 1. The summed E-state index contributed by atoms with van der Waals surface area (Å²) in [7, 11) is 0. The first-order valence-electron chi connectivity index (χ1n) is 2.66. The molecule has 58 valence electrons. The number of hydrogen-bond acceptors (Lipinski definition) is 4. The molecule has 0 fully saturated rings. The zero-order valence-corrected chi connectivity index (χ0v) is 5.32. The molecule has 0 aliphatic carbocycles. The molecule has 1 heterocycles. The van der Waals surface area contributed by atoms with E-state index in [2.05, 4.69) is 4.98 Å². The number of nitrogens with zero attached hydrogens (tertiary/aromatic N) is 2. The molecule has 0 amide bonds. The Labute approximate surface area is 60.8 Å². The van der Waals surface area contributed by atoms with E-state index in [0.29, 0.717) is 0 Å². The zero-order valence-electron chi connectivity index (χ0n) is 5.32. The molecule has 0 spiro atoms. The first-order chi connectivity index (χ1) is 5.11. The van der Waals surface area contributed by atoms with Crippen molar-refractivity contribution in [1.29, 1.82) is 0 Å². The number of hydrogen-bond donors (Lipinski definition) is 1. The van der Waals surface area contributed by atoms with E-state index in [1.807, 2.05) is 0 Å². The van der Waals surface area contributed by atoms with Crippen LogP contribution in [0.4, 0.5) is 15.9 Å². The van der Waals surface area contributed by atoms with Crippen LogP contribution in [0.1, 0.15) is 0 Å². The Balaban J connectivity index is 3.20. The Kier molecular flexibility index (Phi) is 1.67. The van der Waals surface area contributed by atoms with E-state index in [1.54, 1.807) is 0 Å². The van der Waals surface area contributed by atoms with E-state index in [-0.39, 0.29) is 5.69 Å². The molecule has 0 atom stereocenters. The number of nitro groups is 1. The van der Waals surface area contributed by atoms with Crippen molar-refractivity contribution in [3.05, 3.63) is 28.2 Å². The second-order valence-electron chi connectivity index (χ2n) is 1.82. The lowest BCUT2D eigenvalue weighted by Gasteiger charge is -1.94. The van der Waals surface area contributed by atoms with Gasteiger partial charge >= 0.3 is 5.82 Å². The van der Waals surface area contributed by atoms with Gasteiger partial charge in [-0.1, -0.05) is 0 Å². The Hall–Kier alpha value is -1.72. The molecular weight excluding hydrogens is 153 g/mol. The van der Waals surface area contributed by atoms with Crippen LogP contribution in [0.5, 0.6) is 0 Å². The van der Waals surface area contributed by atoms with Crippen molar-refractivity contribution < 1.29 is 9.31 Å². The Morgan fingerprint density at radius 1 is 1.73 bits per heavy atom. The van der Waals surface area contributed by atoms with Crippen molar-refractivity contribution in [2.24, 2.45) is 0 Å². The minimum Gasteiger partial charge on any atom is -0.392 e. The number of rotatable bonds is 1. The third-order valence-corrected chi connectivity index (χ3v) is 1.03. The highest BCUT2D eigenvalue weighted by molar-refractivity contribution is 5.52. The van der Waals surface area contributed by atoms with Crippen LogP contribution in [0, 0.1) is 15.9 Å². The summed E-state index contributed by atoms with van der Waals surface area (Å²) >= 11 is 0. The van der Waals surface area contributed by atoms with E-state index in [1.165, 1.54) is 0 Å². The van der Waals surface area contributed by atoms with Crippen molar-refractivity contribution in [3.8, 4) is 0 Å². The van der Waals surface area contributed by atoms with Crippen LogP contribution in [0.15, 0.2) is 12.3 Å². The van der Waals surface area contributed by atoms with Crippen molar-refractivity contribution in [3.63, 3.8) is 0 Å². The summed E-state index contributed by atoms with van der Waals surface area (Å²) in [6.07, 6.45) is 0.745. The normalized spacial score (nSPS) is 9.55. The van der Waals surface area contributed by atoms with Crippen molar-refractivity contribution in [2.75, 3.05) is 5.73 Å². The molecule has 0 aliphatic rings. The van der Waals surface area contributed by atoms with Crippen LogP contribution in [0.3, 0.4) is 0 Å². The van der Waals surface area contributed by atoms with Crippen molar-refractivity contribution in [2.45, 2.75) is 0 Å². The van der Waals surface area contributed by atoms with Gasteiger partial charge in [0.05, 0.1) is 0 Å². The fraction of sp³-hybridized carbons (Fsp3) is 0. The van der Waals surface area contributed by atoms with Crippen LogP contribution in [0.25, 0.3) is 0 Å². The highest BCUT2D eigenvalue weighted by Gasteiger charge is 2.12. The lowest BCUT2D eigenvalue weighted by atomic mass is 10.4. The summed E-state index contributed by atoms with van der Waals surface area (Å²) in [4.78, 5) is 12.5. The predicted molar refractivity (Wildman–Crippen MR) is 35.3 cm³/mol. The van der Waals surface area contributed by atoms with Gasteiger partial charge < -0.3 is 15.8 Å². The minimum absolute atomic E-state index is 0.269. The Morgan fingerprint density at radius 3 is 2.82 bits per heavy atom. The van der Waals surface area contributed by atoms with E-state index >= 15 is 0 Å². The standard InChI is InChI=1S/C5H4FN3O2/c6-3-1-4(7)5(8-2-3)9(10)11/h1-2H,7H2. The number of pyridine rings is 1. The predicted octanol–water partition coefficient (Wildman–Crippen LogP) is 0.711. The van der Waals surface area contributed by atoms with Gasteiger partial charge in [0.2, 0.25) is 0 Å². The topological polar surface area (TPSA) is 82.0 Å². The summed E-state index contributed by atoms with van der Waals surface area (Å²) in [5, 5.41) is 10.1. The van der Waals surface area contributed by atoms with E-state index in [4.69, 9.17) is 5.73 Å². The molecule has 1 aromatic rings. The van der Waals surface area contributed by atoms with Gasteiger partial charge in [0.1, 0.15) is 5.69 Å². The molecule has 0 saturated carbocycles. The molecule has 11 heavy (non-hydrogen) atoms. The van der Waals surface area contributed by atoms with Crippen molar-refractivity contribution in [1.82, 2.24) is 4.98 Å². The van der Waals surface area contributed by atoms with Gasteiger partial charge in [0.15, 0.2) is 12.0 Å². The van der Waals surface area contributed by atoms with Crippen LogP contribution < -0.4 is 5.73 Å². The molecule has 0 bridgehead atoms. The smallest absolute Gasteiger partial charge is 0.386 e. The largest absolute Gasteiger partial charge is 0.392 e. The highest BCUT2D eigenvalue weighted by atomic mass is 19.1. The number of nitrogen functional groups attached to an aromatic ring is 1. The summed E-state index contributed by atoms with van der Waals surface area (Å²) in [6.45, 7) is 0. The molecular formula is C5H4FN3O2. The first-order valence-corrected chi connectivity index (χ1v) is 2.66. The monoisotopic (exact) mass is 157 g/mol. The van der Waals surface area contributed by atoms with E-state index in [0.717, 1.165) is 12.3 Å². The van der Waals surface area contributed by atoms with Gasteiger partial charge in [-0.3, -0.25) is 0 Å². The number of anilines is 1. The molecule has 2 N–H and O–H groups in total. The van der Waals surface area contributed by atoms with Crippen LogP contribution in [0.2, 0.25) is 0 Å². The summed E-state index contributed by atoms with van der Waals surface area (Å²) in [5.41, 5.74) is 4.81. The van der Waals surface area contributed by atoms with Gasteiger partial charge in [-0.25, -0.2) is 4.39 Å². The second kappa shape index (κ2) is 2.49. The average molecular weight is 157 g/mol. The Morgan fingerprint density at radius 2 is 2.36 bits per heavy atom. The van der Waals surface area contributed by atoms with E-state index < -0.39 is 16.6 Å². The maximum Gasteiger partial charge on any atom is 0.386 e. The van der Waals surface area contributed by atoms with Crippen LogP contribution in [-0.2, 0) is 0 Å². The summed E-state index contributed by atoms with van der Waals surface area (Å²) in [5.74, 6) is -1.21. The molecule has 0 unspecified atom stereocenters. The molecule has 1 rings (SSSR count). The third-order valence-electron chi connectivity index (χ3n) is 1.03. The summed E-state index contributed by atoms with van der Waals surface area (Å²) in [6, 6.07) is 0.852. The quantitative estimate of drug-likeness (QED) is 0.480. The highest BCUT2D eigenvalue weighted by Crippen LogP contribution is 2.16. The average Bonchev–Trinajstić information content (AvgIpc) is 1.85. The Bertz CT molecular complexity index is 302. The van der Waals surface area contributed by atoms with Crippen LogP contribution in [-0.4, -0.2) is 9.91 Å². The van der Waals surface area contributed by atoms with Gasteiger partial charge in [0.25, 0.3) is 0 Å². The molecule has 0 saturated heterocycles. The molecule has 5 nitrogen and oxygen atoms in total. The zero-order chi connectivity index (χ0) is 8.43. The number of nitrogens with two attached hydrogens (primary N) is 1. The molecule has 0 radical (unpaired) electrons. The lowest BCUT2D eigenvalue weighted by molar-refractivity contribution is -0.388. The number of aromatic nitrogens is 1. The van der Waals surface area contributed by atoms with Gasteiger partial charge in [-0.2, -0.15) is 0 Å². The second-order valence-corrected chi connectivity index (χ2v) is 1.82. The van der Waals surface area contributed by atoms with E-state index in [9.17, 15) is 14.5 Å². The summed E-state index contributed by atoms with van der Waals surface area (Å²) < 4.78 is 12.2. The van der Waals surface area contributed by atoms with Gasteiger partial charge in [0, 0.05) is 6.07 Å². The van der Waals surface area contributed by atoms with Gasteiger partial charge in [-0.05, 0) is 9.91 Å². The molecule has 6 heteroatoms. The maximum atomic E-state index is 12.2. The first kappa shape index (κ1) is 7.39. The maximum absolute atomic E-state index is 12.2. The van der Waals surface area contributed by atoms with Crippen molar-refractivity contribution >= 4 is 11.5 Å². The fourth-order valence-electron chi connectivity index (χ4n) is 0.600. The molecule has 0 aromatic carbocycles. The fourth-order valence-corrected chi connectivity index (χ4v) is 0.600. The molecule has 0 aliphatic heterocycles. The van der Waals surface area contributed by atoms with Gasteiger partial charge in [-0.15, -0.1) is 0 Å². The lowest BCUT2D eigenvalue weighted by Crippen LogP contribution is -1.98. The third kappa shape index (κ3) is 1.40. The minimum atomic E-state index is -0.769.